The van der Waals surface area contributed by atoms with Crippen LogP contribution in [0.3, 0.4) is 0 Å². The van der Waals surface area contributed by atoms with Gasteiger partial charge >= 0.3 is 5.97 Å². The van der Waals surface area contributed by atoms with Crippen molar-refractivity contribution in [3.05, 3.63) is 83.1 Å². The summed E-state index contributed by atoms with van der Waals surface area (Å²) < 4.78 is 6.09. The van der Waals surface area contributed by atoms with Crippen LogP contribution >= 0.6 is 11.6 Å². The van der Waals surface area contributed by atoms with Crippen molar-refractivity contribution in [2.75, 3.05) is 18.0 Å². The molecule has 2 fully saturated rings. The molecule has 0 unspecified atom stereocenters. The Kier molecular flexibility index (Phi) is 7.69. The number of piperidine rings is 1. The molecule has 0 bridgehead atoms. The normalized spacial score (nSPS) is 21.2. The molecular weight excluding hydrogens is 534 g/mol. The molecule has 2 atom stereocenters. The third-order valence-electron chi connectivity index (χ3n) is 9.25. The molecule has 6 nitrogen and oxygen atoms in total. The highest BCUT2D eigenvalue weighted by Gasteiger charge is 2.37. The number of carbonyl (C=O) groups is 1. The highest BCUT2D eigenvalue weighted by Crippen LogP contribution is 2.49. The topological polar surface area (TPSA) is 78.5 Å². The van der Waals surface area contributed by atoms with Crippen LogP contribution < -0.4 is 9.64 Å². The van der Waals surface area contributed by atoms with Gasteiger partial charge in [-0.1, -0.05) is 37.6 Å². The average Bonchev–Trinajstić information content (AvgIpc) is 3.43. The minimum Gasteiger partial charge on any atom is -0.478 e. The summed E-state index contributed by atoms with van der Waals surface area (Å²) in [6.07, 6.45) is 10.8. The quantitative estimate of drug-likeness (QED) is 0.231. The number of nitrogens with zero attached hydrogens (tertiary/aromatic N) is 2. The van der Waals surface area contributed by atoms with E-state index in [-0.39, 0.29) is 5.56 Å². The monoisotopic (exact) mass is 571 g/mol. The molecule has 1 aliphatic heterocycles. The molecule has 7 heteroatoms. The predicted molar refractivity (Wildman–Crippen MR) is 164 cm³/mol. The van der Waals surface area contributed by atoms with E-state index < -0.39 is 5.97 Å². The van der Waals surface area contributed by atoms with Crippen LogP contribution in [-0.2, 0) is 0 Å². The molecule has 3 heterocycles. The summed E-state index contributed by atoms with van der Waals surface area (Å²) in [5, 5.41) is 11.5. The molecule has 2 aromatic heterocycles. The first kappa shape index (κ1) is 27.6. The summed E-state index contributed by atoms with van der Waals surface area (Å²) in [7, 11) is 0. The molecule has 1 aliphatic carbocycles. The Labute approximate surface area is 246 Å². The molecule has 214 valence electrons. The smallest absolute Gasteiger partial charge is 0.339 e. The number of nitrogens with one attached hydrogen (secondary N) is 1. The third-order valence-corrected chi connectivity index (χ3v) is 9.50. The maximum Gasteiger partial charge on any atom is 0.339 e. The van der Waals surface area contributed by atoms with E-state index in [1.165, 1.54) is 31.2 Å². The van der Waals surface area contributed by atoms with E-state index in [0.717, 1.165) is 47.7 Å². The molecule has 0 radical (unpaired) electrons. The fourth-order valence-corrected chi connectivity index (χ4v) is 7.08. The molecule has 1 saturated carbocycles. The number of ether oxygens (including phenoxy) is 1. The number of aromatic carboxylic acids is 1. The minimum atomic E-state index is -1.01. The van der Waals surface area contributed by atoms with Crippen molar-refractivity contribution in [3.8, 4) is 11.5 Å². The number of rotatable bonds is 7. The molecule has 1 saturated heterocycles. The largest absolute Gasteiger partial charge is 0.478 e. The van der Waals surface area contributed by atoms with Gasteiger partial charge in [0.2, 0.25) is 0 Å². The van der Waals surface area contributed by atoms with Crippen LogP contribution in [0.15, 0.2) is 67.0 Å². The summed E-state index contributed by atoms with van der Waals surface area (Å²) in [6.45, 7) is 6.73. The van der Waals surface area contributed by atoms with E-state index in [1.54, 1.807) is 12.3 Å². The van der Waals surface area contributed by atoms with E-state index >= 15 is 0 Å². The summed E-state index contributed by atoms with van der Waals surface area (Å²) >= 11 is 6.21. The van der Waals surface area contributed by atoms with Crippen LogP contribution in [0.4, 0.5) is 5.69 Å². The summed E-state index contributed by atoms with van der Waals surface area (Å²) in [5.74, 6) is 1.82. The molecule has 6 rings (SSSR count). The van der Waals surface area contributed by atoms with Gasteiger partial charge in [-0.2, -0.15) is 0 Å². The fourth-order valence-electron chi connectivity index (χ4n) is 6.95. The van der Waals surface area contributed by atoms with Crippen molar-refractivity contribution in [2.24, 2.45) is 17.3 Å². The van der Waals surface area contributed by atoms with Gasteiger partial charge in [-0.25, -0.2) is 9.78 Å². The molecule has 0 amide bonds. The number of aromatic amines is 1. The first-order valence-electron chi connectivity index (χ1n) is 14.7. The third kappa shape index (κ3) is 6.23. The Hall–Kier alpha value is -3.51. The second-order valence-electron chi connectivity index (χ2n) is 12.7. The van der Waals surface area contributed by atoms with Crippen molar-refractivity contribution >= 4 is 34.3 Å². The van der Waals surface area contributed by atoms with Crippen LogP contribution in [0, 0.1) is 17.3 Å². The number of pyridine rings is 1. The summed E-state index contributed by atoms with van der Waals surface area (Å²) in [4.78, 5) is 21.8. The van der Waals surface area contributed by atoms with Crippen molar-refractivity contribution in [3.63, 3.8) is 0 Å². The standard InChI is InChI=1S/C34H38ClN3O3/c1-34(2)13-9-24(30(20-34)23-3-5-26(35)6-4-23)17-22-11-15-38(16-12-22)27-7-8-29(33(39)40)31(19-27)41-28-18-25-10-14-36-32(25)37-21-28/h3-8,10,14,18-19,21-22,24,30H,9,11-13,15-17,20H2,1-2H3,(H,36,37)(H,39,40)/t24-,30-/m0/s1. The van der Waals surface area contributed by atoms with Gasteiger partial charge in [-0.3, -0.25) is 0 Å². The molecule has 41 heavy (non-hydrogen) atoms. The molecule has 0 spiro atoms. The van der Waals surface area contributed by atoms with Gasteiger partial charge < -0.3 is 19.7 Å². The van der Waals surface area contributed by atoms with Gasteiger partial charge in [0.15, 0.2) is 0 Å². The summed E-state index contributed by atoms with van der Waals surface area (Å²) in [5.41, 5.74) is 3.71. The maximum absolute atomic E-state index is 12.0. The number of H-pyrrole nitrogens is 1. The zero-order valence-corrected chi connectivity index (χ0v) is 24.5. The van der Waals surface area contributed by atoms with Gasteiger partial charge in [0.25, 0.3) is 0 Å². The number of aromatic nitrogens is 2. The molecular formula is C34H38ClN3O3. The zero-order valence-electron chi connectivity index (χ0n) is 23.8. The SMILES string of the molecule is CC1(C)CC[C@@H](CC2CCN(c3ccc(C(=O)O)c(Oc4cnc5[nH]ccc5c4)c3)CC2)[C@H](c2ccc(Cl)cc2)C1. The van der Waals surface area contributed by atoms with E-state index in [4.69, 9.17) is 16.3 Å². The van der Waals surface area contributed by atoms with Crippen molar-refractivity contribution in [1.82, 2.24) is 9.97 Å². The number of fused-ring (bicyclic) bond motifs is 1. The summed E-state index contributed by atoms with van der Waals surface area (Å²) in [6, 6.07) is 17.8. The van der Waals surface area contributed by atoms with Crippen molar-refractivity contribution in [1.29, 1.82) is 0 Å². The molecule has 2 N–H and O–H groups in total. The van der Waals surface area contributed by atoms with E-state index in [2.05, 4.69) is 40.8 Å². The highest BCUT2D eigenvalue weighted by molar-refractivity contribution is 6.30. The Balaban J connectivity index is 1.13. The van der Waals surface area contributed by atoms with E-state index in [9.17, 15) is 9.90 Å². The number of benzene rings is 2. The first-order valence-corrected chi connectivity index (χ1v) is 15.1. The van der Waals surface area contributed by atoms with Gasteiger partial charge in [0.1, 0.15) is 22.7 Å². The number of hydrogen-bond acceptors (Lipinski definition) is 4. The van der Waals surface area contributed by atoms with Gasteiger partial charge in [-0.15, -0.1) is 0 Å². The molecule has 2 aliphatic rings. The maximum atomic E-state index is 12.0. The van der Waals surface area contributed by atoms with Gasteiger partial charge in [-0.05, 0) is 104 Å². The van der Waals surface area contributed by atoms with Crippen molar-refractivity contribution in [2.45, 2.75) is 58.3 Å². The van der Waals surface area contributed by atoms with Crippen molar-refractivity contribution < 1.29 is 14.6 Å². The van der Waals surface area contributed by atoms with Crippen LogP contribution in [-0.4, -0.2) is 34.1 Å². The lowest BCUT2D eigenvalue weighted by Gasteiger charge is -2.43. The van der Waals surface area contributed by atoms with Gasteiger partial charge in [0, 0.05) is 41.4 Å². The Morgan fingerprint density at radius 1 is 1.10 bits per heavy atom. The van der Waals surface area contributed by atoms with E-state index in [1.807, 2.05) is 42.6 Å². The zero-order chi connectivity index (χ0) is 28.6. The Morgan fingerprint density at radius 2 is 1.88 bits per heavy atom. The predicted octanol–water partition coefficient (Wildman–Crippen LogP) is 8.92. The van der Waals surface area contributed by atoms with E-state index in [0.29, 0.717) is 34.7 Å². The second kappa shape index (κ2) is 11.4. The minimum absolute atomic E-state index is 0.145. The Morgan fingerprint density at radius 3 is 2.63 bits per heavy atom. The lowest BCUT2D eigenvalue weighted by molar-refractivity contribution is 0.0694. The van der Waals surface area contributed by atoms with Crippen LogP contribution in [0.2, 0.25) is 5.02 Å². The number of carboxylic acids is 1. The van der Waals surface area contributed by atoms with Crippen LogP contribution in [0.1, 0.15) is 74.2 Å². The fraction of sp³-hybridized carbons (Fsp3) is 0.412. The lowest BCUT2D eigenvalue weighted by atomic mass is 9.63. The Bertz CT molecular complexity index is 1520. The molecule has 2 aromatic carbocycles. The van der Waals surface area contributed by atoms with Crippen LogP contribution in [0.25, 0.3) is 11.0 Å². The molecule has 4 aromatic rings. The first-order chi connectivity index (χ1) is 19.7. The average molecular weight is 572 g/mol. The van der Waals surface area contributed by atoms with Gasteiger partial charge in [0.05, 0.1) is 6.20 Å². The lowest BCUT2D eigenvalue weighted by Crippen LogP contribution is -2.36. The second-order valence-corrected chi connectivity index (χ2v) is 13.1. The number of halogens is 1. The number of hydrogen-bond donors (Lipinski definition) is 2. The number of carboxylic acid groups (broad SMARTS) is 1. The highest BCUT2D eigenvalue weighted by atomic mass is 35.5. The van der Waals surface area contributed by atoms with Crippen LogP contribution in [0.5, 0.6) is 11.5 Å². The number of anilines is 1.